The highest BCUT2D eigenvalue weighted by Gasteiger charge is 2.31. The van der Waals surface area contributed by atoms with Crippen LogP contribution < -0.4 is 5.56 Å². The maximum absolute atomic E-state index is 13.4. The molecule has 0 saturated carbocycles. The second kappa shape index (κ2) is 9.52. The van der Waals surface area contributed by atoms with Gasteiger partial charge in [-0.1, -0.05) is 11.6 Å². The number of halogens is 4. The molecule has 2 N–H and O–H groups in total. The van der Waals surface area contributed by atoms with E-state index < -0.39 is 17.3 Å². The number of aromatic hydroxyl groups is 1. The molecular weight excluding hydrogens is 497 g/mol. The average molecular weight is 515 g/mol. The van der Waals surface area contributed by atoms with Gasteiger partial charge in [0.25, 0.3) is 5.56 Å². The monoisotopic (exact) mass is 514 g/mol. The molecule has 0 unspecified atom stereocenters. The van der Waals surface area contributed by atoms with Gasteiger partial charge in [0.05, 0.1) is 16.2 Å². The number of carbonyl (C=O) groups is 1. The van der Waals surface area contributed by atoms with E-state index >= 15 is 0 Å². The molecule has 4 rings (SSSR count). The number of alkyl halides is 3. The fourth-order valence-corrected chi connectivity index (χ4v) is 5.67. The Hall–Kier alpha value is -2.30. The number of thioether (sulfide) groups is 2. The van der Waals surface area contributed by atoms with Crippen molar-refractivity contribution in [1.29, 1.82) is 0 Å². The summed E-state index contributed by atoms with van der Waals surface area (Å²) >= 11 is 8.78. The second-order valence-corrected chi connectivity index (χ2v) is 10.0. The fourth-order valence-electron chi connectivity index (χ4n) is 3.60. The number of H-pyrrole nitrogens is 1. The summed E-state index contributed by atoms with van der Waals surface area (Å²) in [6, 6.07) is 7.11. The molecule has 1 fully saturated rings. The number of rotatable bonds is 4. The molecule has 3 aromatic rings. The van der Waals surface area contributed by atoms with Crippen LogP contribution in [0.5, 0.6) is 5.75 Å². The molecule has 2 aromatic carbocycles. The third-order valence-electron chi connectivity index (χ3n) is 5.23. The molecule has 1 saturated heterocycles. The van der Waals surface area contributed by atoms with E-state index in [1.54, 1.807) is 16.7 Å². The maximum atomic E-state index is 13.4. The number of aromatic amines is 1. The molecule has 0 bridgehead atoms. The highest BCUT2D eigenvalue weighted by Crippen LogP contribution is 2.42. The molecule has 0 spiro atoms. The van der Waals surface area contributed by atoms with E-state index in [4.69, 9.17) is 11.6 Å². The topological polar surface area (TPSA) is 73.4 Å². The zero-order valence-corrected chi connectivity index (χ0v) is 19.4. The van der Waals surface area contributed by atoms with E-state index in [0.29, 0.717) is 13.1 Å². The first-order valence-corrected chi connectivity index (χ1v) is 12.4. The fraction of sp³-hybridized carbons (Fsp3) is 0.273. The van der Waals surface area contributed by atoms with E-state index in [9.17, 15) is 27.9 Å². The molecule has 1 aliphatic heterocycles. The highest BCUT2D eigenvalue weighted by molar-refractivity contribution is 8.00. The van der Waals surface area contributed by atoms with Crippen molar-refractivity contribution in [3.8, 4) is 16.9 Å². The first-order chi connectivity index (χ1) is 15.6. The summed E-state index contributed by atoms with van der Waals surface area (Å²) in [5.41, 5.74) is -1.08. The summed E-state index contributed by atoms with van der Waals surface area (Å²) in [5, 5.41) is 10.8. The van der Waals surface area contributed by atoms with Crippen LogP contribution in [-0.2, 0) is 11.0 Å². The van der Waals surface area contributed by atoms with Crippen molar-refractivity contribution >= 4 is 51.9 Å². The molecular formula is C22H18ClF3N2O3S2. The number of benzene rings is 2. The number of carbonyl (C=O) groups excluding carboxylic acids is 1. The van der Waals surface area contributed by atoms with Crippen molar-refractivity contribution in [2.75, 3.05) is 30.3 Å². The predicted octanol–water partition coefficient (Wildman–Crippen LogP) is 5.24. The molecule has 174 valence electrons. The molecule has 1 amide bonds. The van der Waals surface area contributed by atoms with E-state index in [1.807, 2.05) is 0 Å². The van der Waals surface area contributed by atoms with Crippen LogP contribution in [0.25, 0.3) is 22.0 Å². The Morgan fingerprint density at radius 1 is 1.18 bits per heavy atom. The molecule has 1 aliphatic rings. The van der Waals surface area contributed by atoms with E-state index in [2.05, 4.69) is 4.98 Å². The van der Waals surface area contributed by atoms with Crippen LogP contribution in [0.3, 0.4) is 0 Å². The number of aromatic nitrogens is 1. The van der Waals surface area contributed by atoms with Gasteiger partial charge in [-0.05, 0) is 36.4 Å². The van der Waals surface area contributed by atoms with E-state index in [1.165, 1.54) is 24.3 Å². The van der Waals surface area contributed by atoms with Gasteiger partial charge < -0.3 is 15.0 Å². The summed E-state index contributed by atoms with van der Waals surface area (Å²) in [7, 11) is 0. The number of amides is 1. The summed E-state index contributed by atoms with van der Waals surface area (Å²) in [6.07, 6.45) is -4.60. The predicted molar refractivity (Wildman–Crippen MR) is 126 cm³/mol. The van der Waals surface area contributed by atoms with Crippen molar-refractivity contribution in [2.45, 2.75) is 11.1 Å². The number of hydrogen-bond acceptors (Lipinski definition) is 5. The van der Waals surface area contributed by atoms with Crippen LogP contribution in [0.2, 0.25) is 5.02 Å². The normalized spacial score (nSPS) is 14.6. The van der Waals surface area contributed by atoms with Gasteiger partial charge in [-0.25, -0.2) is 0 Å². The lowest BCUT2D eigenvalue weighted by atomic mass is 9.98. The van der Waals surface area contributed by atoms with Gasteiger partial charge in [-0.3, -0.25) is 9.59 Å². The number of nitrogens with zero attached hydrogens (tertiary/aromatic N) is 1. The third-order valence-corrected chi connectivity index (χ3v) is 7.48. The molecule has 1 aromatic heterocycles. The summed E-state index contributed by atoms with van der Waals surface area (Å²) < 4.78 is 40.3. The van der Waals surface area contributed by atoms with Gasteiger partial charge in [0, 0.05) is 51.6 Å². The Balaban J connectivity index is 1.87. The number of phenols is 1. The van der Waals surface area contributed by atoms with Gasteiger partial charge in [0.1, 0.15) is 5.75 Å². The lowest BCUT2D eigenvalue weighted by Crippen LogP contribution is -2.39. The largest absolute Gasteiger partial charge is 0.507 e. The summed E-state index contributed by atoms with van der Waals surface area (Å²) in [5.74, 6) is 1.19. The second-order valence-electron chi connectivity index (χ2n) is 7.36. The zero-order valence-electron chi connectivity index (χ0n) is 17.0. The van der Waals surface area contributed by atoms with Crippen molar-refractivity contribution in [1.82, 2.24) is 9.88 Å². The Morgan fingerprint density at radius 3 is 2.61 bits per heavy atom. The lowest BCUT2D eigenvalue weighted by molar-refractivity contribution is -0.137. The number of fused-ring (bicyclic) bond motifs is 1. The highest BCUT2D eigenvalue weighted by atomic mass is 35.5. The number of hydrogen-bond donors (Lipinski definition) is 2. The molecule has 0 atom stereocenters. The lowest BCUT2D eigenvalue weighted by Gasteiger charge is -2.26. The number of nitrogens with one attached hydrogen (secondary N) is 1. The zero-order chi connectivity index (χ0) is 23.8. The Morgan fingerprint density at radius 2 is 1.91 bits per heavy atom. The van der Waals surface area contributed by atoms with Crippen molar-refractivity contribution in [3.05, 3.63) is 57.3 Å². The molecule has 2 heterocycles. The Labute approximate surface area is 200 Å². The van der Waals surface area contributed by atoms with Crippen LogP contribution in [0.4, 0.5) is 13.2 Å². The van der Waals surface area contributed by atoms with Gasteiger partial charge in [-0.2, -0.15) is 24.9 Å². The number of pyridine rings is 1. The number of phenolic OH excluding ortho intramolecular Hbond substituents is 1. The van der Waals surface area contributed by atoms with Gasteiger partial charge >= 0.3 is 6.18 Å². The molecule has 33 heavy (non-hydrogen) atoms. The van der Waals surface area contributed by atoms with Crippen molar-refractivity contribution < 1.29 is 23.1 Å². The molecule has 11 heteroatoms. The van der Waals surface area contributed by atoms with E-state index in [-0.39, 0.29) is 49.4 Å². The third kappa shape index (κ3) is 5.12. The van der Waals surface area contributed by atoms with Gasteiger partial charge in [-0.15, -0.1) is 11.8 Å². The standard InChI is InChI=1S/C22H18ClF3N2O3S2/c23-13-2-4-17(29)15(10-13)19-14-9-12(22(24,25)26)1-3-16(14)27-21(31)20(19)33-11-18(30)28-5-7-32-8-6-28/h1-4,9-10,29H,5-8,11H2,(H,27,31). The van der Waals surface area contributed by atoms with Crippen molar-refractivity contribution in [3.63, 3.8) is 0 Å². The van der Waals surface area contributed by atoms with Crippen molar-refractivity contribution in [2.24, 2.45) is 0 Å². The molecule has 5 nitrogen and oxygen atoms in total. The molecule has 0 aliphatic carbocycles. The first kappa shape index (κ1) is 23.8. The summed E-state index contributed by atoms with van der Waals surface area (Å²) in [4.78, 5) is 30.0. The maximum Gasteiger partial charge on any atom is 0.416 e. The van der Waals surface area contributed by atoms with E-state index in [0.717, 1.165) is 35.4 Å². The van der Waals surface area contributed by atoms with Crippen LogP contribution in [-0.4, -0.2) is 51.2 Å². The minimum atomic E-state index is -4.60. The van der Waals surface area contributed by atoms with Gasteiger partial charge in [0.15, 0.2) is 0 Å². The van der Waals surface area contributed by atoms with Crippen LogP contribution in [0.15, 0.2) is 46.1 Å². The van der Waals surface area contributed by atoms with Crippen LogP contribution in [0.1, 0.15) is 5.56 Å². The average Bonchev–Trinajstić information content (AvgIpc) is 2.78. The van der Waals surface area contributed by atoms with Crippen LogP contribution in [0, 0.1) is 0 Å². The van der Waals surface area contributed by atoms with Gasteiger partial charge in [0.2, 0.25) is 5.91 Å². The first-order valence-electron chi connectivity index (χ1n) is 9.89. The molecule has 0 radical (unpaired) electrons. The SMILES string of the molecule is O=C(CSc1c(-c2cc(Cl)ccc2O)c2cc(C(F)(F)F)ccc2[nH]c1=O)N1CCSCC1. The smallest absolute Gasteiger partial charge is 0.416 e. The summed E-state index contributed by atoms with van der Waals surface area (Å²) in [6.45, 7) is 1.21. The quantitative estimate of drug-likeness (QED) is 0.466. The minimum absolute atomic E-state index is 0.0409. The van der Waals surface area contributed by atoms with Crippen LogP contribution >= 0.6 is 35.1 Å². The Bertz CT molecular complexity index is 1270. The minimum Gasteiger partial charge on any atom is -0.507 e. The Kier molecular flexibility index (Phi) is 6.88.